The minimum Gasteiger partial charge on any atom is -0.291 e. The standard InChI is InChI=1S/C8H4Cl3FO/c9-6-3-4(12)1-2-5(6)7(13)8(10)11/h1-3,8H. The van der Waals surface area contributed by atoms with Crippen molar-refractivity contribution in [1.29, 1.82) is 0 Å². The van der Waals surface area contributed by atoms with Gasteiger partial charge >= 0.3 is 0 Å². The number of benzene rings is 1. The Balaban J connectivity index is 3.09. The zero-order valence-electron chi connectivity index (χ0n) is 6.23. The molecule has 0 atom stereocenters. The van der Waals surface area contributed by atoms with E-state index in [-0.39, 0.29) is 10.6 Å². The van der Waals surface area contributed by atoms with E-state index in [1.54, 1.807) is 0 Å². The summed E-state index contributed by atoms with van der Waals surface area (Å²) in [6.07, 6.45) is 0. The van der Waals surface area contributed by atoms with Gasteiger partial charge in [-0.15, -0.1) is 0 Å². The van der Waals surface area contributed by atoms with Crippen LogP contribution in [0.5, 0.6) is 0 Å². The van der Waals surface area contributed by atoms with Gasteiger partial charge < -0.3 is 0 Å². The molecule has 0 aromatic heterocycles. The van der Waals surface area contributed by atoms with Gasteiger partial charge in [-0.3, -0.25) is 4.79 Å². The van der Waals surface area contributed by atoms with Crippen molar-refractivity contribution in [3.05, 3.63) is 34.6 Å². The highest BCUT2D eigenvalue weighted by atomic mass is 35.5. The maximum absolute atomic E-state index is 12.6. The van der Waals surface area contributed by atoms with Crippen LogP contribution in [0.4, 0.5) is 4.39 Å². The molecule has 0 bridgehead atoms. The zero-order chi connectivity index (χ0) is 10.0. The van der Waals surface area contributed by atoms with E-state index in [1.807, 2.05) is 0 Å². The lowest BCUT2D eigenvalue weighted by molar-refractivity contribution is 0.101. The third kappa shape index (κ3) is 2.56. The van der Waals surface area contributed by atoms with Crippen LogP contribution in [0.3, 0.4) is 0 Å². The van der Waals surface area contributed by atoms with Crippen molar-refractivity contribution in [3.8, 4) is 0 Å². The van der Waals surface area contributed by atoms with Crippen LogP contribution in [0.1, 0.15) is 10.4 Å². The molecular formula is C8H4Cl3FO. The van der Waals surface area contributed by atoms with Crippen LogP contribution in [0, 0.1) is 5.82 Å². The van der Waals surface area contributed by atoms with Crippen LogP contribution in [0.25, 0.3) is 0 Å². The topological polar surface area (TPSA) is 17.1 Å². The fraction of sp³-hybridized carbons (Fsp3) is 0.125. The van der Waals surface area contributed by atoms with Crippen LogP contribution in [-0.2, 0) is 0 Å². The molecule has 0 saturated heterocycles. The molecule has 0 radical (unpaired) electrons. The Morgan fingerprint density at radius 3 is 2.46 bits per heavy atom. The average Bonchev–Trinajstić information content (AvgIpc) is 2.03. The van der Waals surface area contributed by atoms with Gasteiger partial charge in [-0.05, 0) is 18.2 Å². The largest absolute Gasteiger partial charge is 0.291 e. The Bertz CT molecular complexity index is 338. The van der Waals surface area contributed by atoms with Gasteiger partial charge in [0.15, 0.2) is 10.6 Å². The highest BCUT2D eigenvalue weighted by molar-refractivity contribution is 6.56. The molecule has 0 heterocycles. The van der Waals surface area contributed by atoms with Crippen LogP contribution >= 0.6 is 34.8 Å². The van der Waals surface area contributed by atoms with Crippen molar-refractivity contribution in [2.75, 3.05) is 0 Å². The molecule has 0 aliphatic heterocycles. The second kappa shape index (κ2) is 4.27. The number of Topliss-reactive ketones (excluding diaryl/α,β-unsaturated/α-hetero) is 1. The van der Waals surface area contributed by atoms with Crippen molar-refractivity contribution in [2.24, 2.45) is 0 Å². The Morgan fingerprint density at radius 2 is 2.00 bits per heavy atom. The maximum Gasteiger partial charge on any atom is 0.197 e. The van der Waals surface area contributed by atoms with E-state index in [0.29, 0.717) is 0 Å². The molecule has 1 rings (SSSR count). The minimum absolute atomic E-state index is 0.0105. The first-order valence-corrected chi connectivity index (χ1v) is 4.55. The molecule has 1 nitrogen and oxygen atoms in total. The van der Waals surface area contributed by atoms with Gasteiger partial charge in [-0.1, -0.05) is 34.8 Å². The van der Waals surface area contributed by atoms with Gasteiger partial charge in [-0.25, -0.2) is 4.39 Å². The zero-order valence-corrected chi connectivity index (χ0v) is 8.50. The highest BCUT2D eigenvalue weighted by Crippen LogP contribution is 2.21. The molecule has 0 saturated carbocycles. The fourth-order valence-corrected chi connectivity index (χ4v) is 1.30. The molecule has 70 valence electrons. The van der Waals surface area contributed by atoms with Gasteiger partial charge in [-0.2, -0.15) is 0 Å². The summed E-state index contributed by atoms with van der Waals surface area (Å²) in [4.78, 5) is 10.0. The number of halogens is 4. The van der Waals surface area contributed by atoms with E-state index >= 15 is 0 Å². The van der Waals surface area contributed by atoms with Gasteiger partial charge in [0.25, 0.3) is 0 Å². The molecule has 1 aromatic carbocycles. The first kappa shape index (κ1) is 10.8. The summed E-state index contributed by atoms with van der Waals surface area (Å²) >= 11 is 16.3. The van der Waals surface area contributed by atoms with E-state index in [1.165, 1.54) is 6.07 Å². The van der Waals surface area contributed by atoms with Crippen molar-refractivity contribution in [1.82, 2.24) is 0 Å². The van der Waals surface area contributed by atoms with Gasteiger partial charge in [0, 0.05) is 5.56 Å². The summed E-state index contributed by atoms with van der Waals surface area (Å²) in [6.45, 7) is 0. The predicted octanol–water partition coefficient (Wildman–Crippen LogP) is 3.47. The van der Waals surface area contributed by atoms with E-state index in [0.717, 1.165) is 12.1 Å². The predicted molar refractivity (Wildman–Crippen MR) is 51.2 cm³/mol. The smallest absolute Gasteiger partial charge is 0.197 e. The van der Waals surface area contributed by atoms with Gasteiger partial charge in [0.05, 0.1) is 5.02 Å². The van der Waals surface area contributed by atoms with Gasteiger partial charge in [0.2, 0.25) is 0 Å². The lowest BCUT2D eigenvalue weighted by atomic mass is 10.1. The summed E-state index contributed by atoms with van der Waals surface area (Å²) in [5, 5.41) is 0.0105. The number of carbonyl (C=O) groups is 1. The maximum atomic E-state index is 12.6. The van der Waals surface area contributed by atoms with Crippen molar-refractivity contribution < 1.29 is 9.18 Å². The molecule has 0 fully saturated rings. The molecule has 0 N–H and O–H groups in total. The van der Waals surface area contributed by atoms with Gasteiger partial charge in [0.1, 0.15) is 5.82 Å². The number of carbonyl (C=O) groups excluding carboxylic acids is 1. The van der Waals surface area contributed by atoms with E-state index in [2.05, 4.69) is 0 Å². The molecule has 1 aromatic rings. The quantitative estimate of drug-likeness (QED) is 0.572. The number of rotatable bonds is 2. The fourth-order valence-electron chi connectivity index (χ4n) is 0.807. The summed E-state index contributed by atoms with van der Waals surface area (Å²) < 4.78 is 12.6. The SMILES string of the molecule is O=C(c1ccc(F)cc1Cl)C(Cl)Cl. The molecule has 13 heavy (non-hydrogen) atoms. The monoisotopic (exact) mass is 240 g/mol. The molecule has 0 amide bonds. The van der Waals surface area contributed by atoms with Crippen LogP contribution in [0.15, 0.2) is 18.2 Å². The first-order valence-electron chi connectivity index (χ1n) is 3.30. The van der Waals surface area contributed by atoms with Crippen molar-refractivity contribution in [2.45, 2.75) is 4.84 Å². The molecule has 0 unspecified atom stereocenters. The Morgan fingerprint density at radius 1 is 1.38 bits per heavy atom. The summed E-state index contributed by atoms with van der Waals surface area (Å²) in [5.41, 5.74) is 0.123. The second-order valence-corrected chi connectivity index (χ2v) is 3.79. The van der Waals surface area contributed by atoms with E-state index in [9.17, 15) is 9.18 Å². The van der Waals surface area contributed by atoms with E-state index in [4.69, 9.17) is 34.8 Å². The van der Waals surface area contributed by atoms with Crippen molar-refractivity contribution in [3.63, 3.8) is 0 Å². The Kier molecular flexibility index (Phi) is 3.54. The van der Waals surface area contributed by atoms with Crippen LogP contribution in [-0.4, -0.2) is 10.6 Å². The minimum atomic E-state index is -1.18. The third-order valence-corrected chi connectivity index (χ3v) is 2.10. The number of alkyl halides is 2. The number of hydrogen-bond donors (Lipinski definition) is 0. The van der Waals surface area contributed by atoms with Crippen LogP contribution in [0.2, 0.25) is 5.02 Å². The summed E-state index contributed by atoms with van der Waals surface area (Å²) in [5.74, 6) is -1.05. The summed E-state index contributed by atoms with van der Waals surface area (Å²) in [7, 11) is 0. The molecule has 0 aliphatic carbocycles. The molecule has 0 spiro atoms. The number of hydrogen-bond acceptors (Lipinski definition) is 1. The van der Waals surface area contributed by atoms with E-state index < -0.39 is 16.4 Å². The Hall–Kier alpha value is -0.310. The molecular weight excluding hydrogens is 237 g/mol. The second-order valence-electron chi connectivity index (χ2n) is 2.29. The number of ketones is 1. The first-order chi connectivity index (χ1) is 6.02. The molecule has 5 heteroatoms. The summed E-state index contributed by atoms with van der Waals surface area (Å²) in [6, 6.07) is 3.40. The normalized spacial score (nSPS) is 10.5. The van der Waals surface area contributed by atoms with Crippen molar-refractivity contribution >= 4 is 40.6 Å². The Labute approximate surface area is 89.4 Å². The average molecular weight is 241 g/mol. The highest BCUT2D eigenvalue weighted by Gasteiger charge is 2.17. The molecule has 0 aliphatic rings. The lowest BCUT2D eigenvalue weighted by Crippen LogP contribution is -2.08. The van der Waals surface area contributed by atoms with Crippen LogP contribution < -0.4 is 0 Å². The third-order valence-electron chi connectivity index (χ3n) is 1.39. The lowest BCUT2D eigenvalue weighted by Gasteiger charge is -2.02.